The number of hydrogen-bond donors (Lipinski definition) is 3. The van der Waals surface area contributed by atoms with Gasteiger partial charge in [0.2, 0.25) is 0 Å². The highest BCUT2D eigenvalue weighted by molar-refractivity contribution is 6.09. The van der Waals surface area contributed by atoms with Crippen molar-refractivity contribution in [2.24, 2.45) is 0 Å². The van der Waals surface area contributed by atoms with Crippen molar-refractivity contribution < 1.29 is 23.9 Å². The second-order valence-electron chi connectivity index (χ2n) is 7.90. The smallest absolute Gasteiger partial charge is 0.326 e. The molecule has 8 heteroatoms. The maximum absolute atomic E-state index is 12.5. The predicted octanol–water partition coefficient (Wildman–Crippen LogP) is 5.06. The van der Waals surface area contributed by atoms with Gasteiger partial charge in [0.15, 0.2) is 0 Å². The number of carbonyl (C=O) groups excluding carboxylic acids is 3. The summed E-state index contributed by atoms with van der Waals surface area (Å²) in [6.45, 7) is 0.407. The van der Waals surface area contributed by atoms with Crippen LogP contribution >= 0.6 is 0 Å². The van der Waals surface area contributed by atoms with Gasteiger partial charge in [-0.15, -0.1) is 0 Å². The minimum Gasteiger partial charge on any atom is -0.495 e. The number of urea groups is 1. The van der Waals surface area contributed by atoms with Crippen molar-refractivity contribution in [2.75, 3.05) is 17.7 Å². The number of allylic oxidation sites excluding steroid dienone is 3. The van der Waals surface area contributed by atoms with Gasteiger partial charge in [0.05, 0.1) is 12.8 Å². The lowest BCUT2D eigenvalue weighted by Crippen LogP contribution is -2.34. The number of carbonyl (C=O) groups is 3. The van der Waals surface area contributed by atoms with Crippen LogP contribution in [0.5, 0.6) is 11.5 Å². The quantitative estimate of drug-likeness (QED) is 0.415. The van der Waals surface area contributed by atoms with Crippen LogP contribution in [0.1, 0.15) is 22.3 Å². The molecular formula is C28H25N3O5. The summed E-state index contributed by atoms with van der Waals surface area (Å²) >= 11 is 0. The molecule has 0 saturated carbocycles. The molecule has 0 atom stereocenters. The van der Waals surface area contributed by atoms with Gasteiger partial charge < -0.3 is 20.1 Å². The fourth-order valence-corrected chi connectivity index (χ4v) is 3.48. The molecule has 0 spiro atoms. The van der Waals surface area contributed by atoms with Crippen molar-refractivity contribution >= 4 is 29.2 Å². The molecule has 0 aliphatic heterocycles. The molecule has 4 rings (SSSR count). The van der Waals surface area contributed by atoms with Gasteiger partial charge in [-0.05, 0) is 54.4 Å². The van der Waals surface area contributed by atoms with Crippen LogP contribution in [0.15, 0.2) is 96.6 Å². The summed E-state index contributed by atoms with van der Waals surface area (Å²) in [6, 6.07) is 20.3. The maximum atomic E-state index is 12.5. The van der Waals surface area contributed by atoms with Crippen molar-refractivity contribution in [3.8, 4) is 11.5 Å². The number of imide groups is 1. The van der Waals surface area contributed by atoms with E-state index in [9.17, 15) is 14.4 Å². The van der Waals surface area contributed by atoms with Crippen molar-refractivity contribution in [1.82, 2.24) is 5.32 Å². The van der Waals surface area contributed by atoms with Gasteiger partial charge in [0.25, 0.3) is 11.8 Å². The number of benzene rings is 3. The monoisotopic (exact) mass is 483 g/mol. The molecule has 1 aliphatic carbocycles. The van der Waals surface area contributed by atoms with Crippen LogP contribution in [0, 0.1) is 0 Å². The molecule has 0 aromatic heterocycles. The fourth-order valence-electron chi connectivity index (χ4n) is 3.48. The summed E-state index contributed by atoms with van der Waals surface area (Å²) in [5, 5.41) is 7.67. The fraction of sp³-hybridized carbons (Fsp3) is 0.107. The molecule has 0 fully saturated rings. The Labute approximate surface area is 208 Å². The van der Waals surface area contributed by atoms with Crippen LogP contribution in [0.25, 0.3) is 0 Å². The minimum absolute atomic E-state index is 0.230. The van der Waals surface area contributed by atoms with Crippen LogP contribution in [-0.4, -0.2) is 25.0 Å². The third kappa shape index (κ3) is 6.38. The van der Waals surface area contributed by atoms with Crippen molar-refractivity contribution in [3.05, 3.63) is 108 Å². The number of amides is 4. The molecule has 0 saturated heterocycles. The Balaban J connectivity index is 1.34. The Hall–Kier alpha value is -4.85. The summed E-state index contributed by atoms with van der Waals surface area (Å²) in [5.41, 5.74) is 2.73. The summed E-state index contributed by atoms with van der Waals surface area (Å²) in [5.74, 6) is 0.169. The molecule has 4 amide bonds. The zero-order valence-corrected chi connectivity index (χ0v) is 19.6. The Kier molecular flexibility index (Phi) is 7.77. The van der Waals surface area contributed by atoms with E-state index in [1.54, 1.807) is 48.5 Å². The Morgan fingerprint density at radius 2 is 1.67 bits per heavy atom. The van der Waals surface area contributed by atoms with Crippen LogP contribution in [0.4, 0.5) is 16.2 Å². The van der Waals surface area contributed by atoms with Gasteiger partial charge >= 0.3 is 6.03 Å². The summed E-state index contributed by atoms with van der Waals surface area (Å²) in [6.07, 6.45) is 6.03. The zero-order chi connectivity index (χ0) is 25.3. The van der Waals surface area contributed by atoms with Gasteiger partial charge in [-0.2, -0.15) is 0 Å². The topological polar surface area (TPSA) is 106 Å². The number of hydrogen-bond acceptors (Lipinski definition) is 5. The third-order valence-electron chi connectivity index (χ3n) is 5.36. The van der Waals surface area contributed by atoms with E-state index in [-0.39, 0.29) is 5.91 Å². The van der Waals surface area contributed by atoms with Crippen LogP contribution < -0.4 is 25.4 Å². The molecule has 182 valence electrons. The molecule has 0 unspecified atom stereocenters. The van der Waals surface area contributed by atoms with E-state index < -0.39 is 11.9 Å². The van der Waals surface area contributed by atoms with E-state index in [2.05, 4.69) is 16.0 Å². The molecule has 8 nitrogen and oxygen atoms in total. The standard InChI is InChI=1S/C28H25N3O5/c1-35-25-16-13-22(29-26(32)20-9-5-6-10-20)17-24(25)30-28(34)31-27(33)21-11-14-23(15-12-21)36-18-19-7-3-2-4-8-19/h2-9,11-17H,10,18H2,1H3,(H,29,32)(H2,30,31,33,34). The van der Waals surface area contributed by atoms with Gasteiger partial charge in [-0.1, -0.05) is 48.6 Å². The van der Waals surface area contributed by atoms with Gasteiger partial charge in [-0.3, -0.25) is 14.9 Å². The van der Waals surface area contributed by atoms with E-state index >= 15 is 0 Å². The largest absolute Gasteiger partial charge is 0.495 e. The van der Waals surface area contributed by atoms with Crippen LogP contribution in [0.2, 0.25) is 0 Å². The highest BCUT2D eigenvalue weighted by atomic mass is 16.5. The number of anilines is 2. The van der Waals surface area contributed by atoms with Gasteiger partial charge in [0.1, 0.15) is 18.1 Å². The molecule has 3 aromatic carbocycles. The number of rotatable bonds is 8. The van der Waals surface area contributed by atoms with Crippen LogP contribution in [-0.2, 0) is 11.4 Å². The first-order valence-electron chi connectivity index (χ1n) is 11.3. The average molecular weight is 484 g/mol. The second kappa shape index (κ2) is 11.5. The molecular weight excluding hydrogens is 458 g/mol. The lowest BCUT2D eigenvalue weighted by atomic mass is 10.2. The Morgan fingerprint density at radius 3 is 2.36 bits per heavy atom. The predicted molar refractivity (Wildman–Crippen MR) is 137 cm³/mol. The summed E-state index contributed by atoms with van der Waals surface area (Å²) < 4.78 is 11.0. The van der Waals surface area contributed by atoms with E-state index in [1.165, 1.54) is 7.11 Å². The Morgan fingerprint density at radius 1 is 0.889 bits per heavy atom. The van der Waals surface area contributed by atoms with E-state index in [4.69, 9.17) is 9.47 Å². The molecule has 0 bridgehead atoms. The van der Waals surface area contributed by atoms with E-state index in [0.29, 0.717) is 47.0 Å². The van der Waals surface area contributed by atoms with E-state index in [1.807, 2.05) is 42.5 Å². The van der Waals surface area contributed by atoms with Crippen molar-refractivity contribution in [2.45, 2.75) is 13.0 Å². The van der Waals surface area contributed by atoms with E-state index in [0.717, 1.165) is 5.56 Å². The molecule has 3 N–H and O–H groups in total. The maximum Gasteiger partial charge on any atom is 0.326 e. The molecule has 36 heavy (non-hydrogen) atoms. The lowest BCUT2D eigenvalue weighted by Gasteiger charge is -2.13. The van der Waals surface area contributed by atoms with Gasteiger partial charge in [-0.25, -0.2) is 4.79 Å². The molecule has 3 aromatic rings. The average Bonchev–Trinajstić information content (AvgIpc) is 3.44. The minimum atomic E-state index is -0.742. The lowest BCUT2D eigenvalue weighted by molar-refractivity contribution is -0.112. The third-order valence-corrected chi connectivity index (χ3v) is 5.36. The SMILES string of the molecule is COc1ccc(NC(=O)C2=CC=CC2)cc1NC(=O)NC(=O)c1ccc(OCc2ccccc2)cc1. The normalized spacial score (nSPS) is 11.9. The highest BCUT2D eigenvalue weighted by Crippen LogP contribution is 2.28. The number of nitrogens with one attached hydrogen (secondary N) is 3. The second-order valence-corrected chi connectivity index (χ2v) is 7.90. The molecule has 1 aliphatic rings. The first kappa shape index (κ1) is 24.3. The number of methoxy groups -OCH3 is 1. The number of ether oxygens (including phenoxy) is 2. The molecule has 0 heterocycles. The van der Waals surface area contributed by atoms with Gasteiger partial charge in [0, 0.05) is 16.8 Å². The Bertz CT molecular complexity index is 1310. The first-order chi connectivity index (χ1) is 17.5. The van der Waals surface area contributed by atoms with Crippen molar-refractivity contribution in [1.29, 1.82) is 0 Å². The summed E-state index contributed by atoms with van der Waals surface area (Å²) in [7, 11) is 1.46. The molecule has 0 radical (unpaired) electrons. The van der Waals surface area contributed by atoms with Crippen LogP contribution in [0.3, 0.4) is 0 Å². The first-order valence-corrected chi connectivity index (χ1v) is 11.3. The zero-order valence-electron chi connectivity index (χ0n) is 19.6. The summed E-state index contributed by atoms with van der Waals surface area (Å²) in [4.78, 5) is 37.4. The highest BCUT2D eigenvalue weighted by Gasteiger charge is 2.15. The van der Waals surface area contributed by atoms with Crippen molar-refractivity contribution in [3.63, 3.8) is 0 Å².